The van der Waals surface area contributed by atoms with Gasteiger partial charge in [-0.15, -0.1) is 5.10 Å². The maximum absolute atomic E-state index is 8.70. The van der Waals surface area contributed by atoms with E-state index < -0.39 is 0 Å². The van der Waals surface area contributed by atoms with Gasteiger partial charge in [0.2, 0.25) is 5.16 Å². The number of hydrogen-bond acceptors (Lipinski definition) is 5. The smallest absolute Gasteiger partial charge is 0.213 e. The molecule has 16 heavy (non-hydrogen) atoms. The number of benzene rings is 1. The van der Waals surface area contributed by atoms with Gasteiger partial charge in [-0.2, -0.15) is 5.26 Å². The van der Waals surface area contributed by atoms with Crippen molar-refractivity contribution in [1.29, 1.82) is 5.26 Å². The molecule has 0 spiro atoms. The molecule has 0 unspecified atom stereocenters. The molecule has 0 saturated heterocycles. The summed E-state index contributed by atoms with van der Waals surface area (Å²) in [6.07, 6.45) is 0. The van der Waals surface area contributed by atoms with Crippen LogP contribution in [0.3, 0.4) is 0 Å². The molecule has 0 radical (unpaired) electrons. The van der Waals surface area contributed by atoms with Gasteiger partial charge in [0.15, 0.2) is 0 Å². The third kappa shape index (κ3) is 2.15. The van der Waals surface area contributed by atoms with E-state index >= 15 is 0 Å². The van der Waals surface area contributed by atoms with Crippen LogP contribution in [0.2, 0.25) is 5.02 Å². The molecule has 2 rings (SSSR count). The van der Waals surface area contributed by atoms with Gasteiger partial charge in [-0.25, -0.2) is 4.68 Å². The van der Waals surface area contributed by atoms with E-state index in [9.17, 15) is 0 Å². The highest BCUT2D eigenvalue weighted by atomic mass is 35.5. The van der Waals surface area contributed by atoms with Crippen LogP contribution in [0.4, 0.5) is 0 Å². The lowest BCUT2D eigenvalue weighted by atomic mass is 10.2. The minimum Gasteiger partial charge on any atom is -0.223 e. The Balaban J connectivity index is 2.30. The minimum absolute atomic E-state index is 0.520. The summed E-state index contributed by atoms with van der Waals surface area (Å²) in [5.74, 6) is 0. The monoisotopic (exact) mass is 251 g/mol. The van der Waals surface area contributed by atoms with Crippen molar-refractivity contribution in [2.45, 2.75) is 10.1 Å². The SMILES string of the molecule is Cn1nnnc1Sc1ccc(C#N)cc1Cl. The van der Waals surface area contributed by atoms with Crippen molar-refractivity contribution in [2.24, 2.45) is 7.05 Å². The van der Waals surface area contributed by atoms with Crippen LogP contribution in [-0.4, -0.2) is 20.2 Å². The molecule has 0 fully saturated rings. The van der Waals surface area contributed by atoms with Gasteiger partial charge in [-0.3, -0.25) is 0 Å². The molecule has 1 heterocycles. The predicted molar refractivity (Wildman–Crippen MR) is 59.1 cm³/mol. The largest absolute Gasteiger partial charge is 0.223 e. The minimum atomic E-state index is 0.520. The number of aromatic nitrogens is 4. The molecule has 0 aliphatic rings. The van der Waals surface area contributed by atoms with Gasteiger partial charge in [0.05, 0.1) is 16.7 Å². The molecule has 1 aromatic heterocycles. The number of hydrogen-bond donors (Lipinski definition) is 0. The standard InChI is InChI=1S/C9H6ClN5S/c1-15-9(12-13-14-15)16-8-3-2-6(5-11)4-7(8)10/h2-4H,1H3. The van der Waals surface area contributed by atoms with E-state index in [1.807, 2.05) is 6.07 Å². The van der Waals surface area contributed by atoms with E-state index in [4.69, 9.17) is 16.9 Å². The van der Waals surface area contributed by atoms with Crippen LogP contribution in [0.1, 0.15) is 5.56 Å². The molecule has 5 nitrogen and oxygen atoms in total. The molecular weight excluding hydrogens is 246 g/mol. The van der Waals surface area contributed by atoms with Crippen LogP contribution < -0.4 is 0 Å². The number of nitrogens with zero attached hydrogens (tertiary/aromatic N) is 5. The van der Waals surface area contributed by atoms with E-state index in [2.05, 4.69) is 15.5 Å². The van der Waals surface area contributed by atoms with E-state index in [1.165, 1.54) is 11.8 Å². The number of tetrazole rings is 1. The third-order valence-electron chi connectivity index (χ3n) is 1.84. The Morgan fingerprint density at radius 1 is 1.50 bits per heavy atom. The van der Waals surface area contributed by atoms with Crippen molar-refractivity contribution < 1.29 is 0 Å². The maximum Gasteiger partial charge on any atom is 0.213 e. The second-order valence-electron chi connectivity index (χ2n) is 2.94. The van der Waals surface area contributed by atoms with Crippen LogP contribution in [0.25, 0.3) is 0 Å². The van der Waals surface area contributed by atoms with Gasteiger partial charge in [-0.1, -0.05) is 11.6 Å². The first-order valence-corrected chi connectivity index (χ1v) is 5.50. The lowest BCUT2D eigenvalue weighted by Crippen LogP contribution is -1.92. The first kappa shape index (κ1) is 10.9. The van der Waals surface area contributed by atoms with Crippen LogP contribution >= 0.6 is 23.4 Å². The summed E-state index contributed by atoms with van der Waals surface area (Å²) in [6, 6.07) is 7.13. The summed E-state index contributed by atoms with van der Waals surface area (Å²) >= 11 is 7.38. The molecule has 2 aromatic rings. The molecule has 0 amide bonds. The zero-order valence-corrected chi connectivity index (χ0v) is 9.83. The van der Waals surface area contributed by atoms with Gasteiger partial charge >= 0.3 is 0 Å². The topological polar surface area (TPSA) is 67.4 Å². The van der Waals surface area contributed by atoms with Crippen LogP contribution in [0.5, 0.6) is 0 Å². The Morgan fingerprint density at radius 3 is 2.88 bits per heavy atom. The molecule has 0 saturated carbocycles. The Hall–Kier alpha value is -1.58. The molecule has 0 bridgehead atoms. The van der Waals surface area contributed by atoms with Crippen molar-refractivity contribution in [2.75, 3.05) is 0 Å². The summed E-state index contributed by atoms with van der Waals surface area (Å²) in [5.41, 5.74) is 0.533. The molecule has 0 aliphatic heterocycles. The highest BCUT2D eigenvalue weighted by Crippen LogP contribution is 2.31. The average Bonchev–Trinajstić information content (AvgIpc) is 2.67. The predicted octanol–water partition coefficient (Wildman–Crippen LogP) is 1.89. The van der Waals surface area contributed by atoms with E-state index in [1.54, 1.807) is 29.9 Å². The van der Waals surface area contributed by atoms with Crippen molar-refractivity contribution in [1.82, 2.24) is 20.2 Å². The lowest BCUT2D eigenvalue weighted by molar-refractivity contribution is 0.664. The van der Waals surface area contributed by atoms with Crippen molar-refractivity contribution >= 4 is 23.4 Å². The van der Waals surface area contributed by atoms with Gasteiger partial charge in [-0.05, 0) is 40.4 Å². The number of nitriles is 1. The van der Waals surface area contributed by atoms with Crippen LogP contribution in [-0.2, 0) is 7.05 Å². The fourth-order valence-corrected chi connectivity index (χ4v) is 2.09. The molecule has 0 atom stereocenters. The second kappa shape index (κ2) is 4.51. The van der Waals surface area contributed by atoms with Gasteiger partial charge < -0.3 is 0 Å². The number of halogens is 1. The zero-order valence-electron chi connectivity index (χ0n) is 8.25. The fourth-order valence-electron chi connectivity index (χ4n) is 1.06. The summed E-state index contributed by atoms with van der Waals surface area (Å²) in [4.78, 5) is 0.818. The lowest BCUT2D eigenvalue weighted by Gasteiger charge is -2.02. The van der Waals surface area contributed by atoms with Crippen molar-refractivity contribution in [3.8, 4) is 6.07 Å². The Bertz CT molecular complexity index is 559. The first-order chi connectivity index (χ1) is 7.70. The summed E-state index contributed by atoms with van der Waals surface area (Å²) in [5, 5.41) is 20.9. The molecule has 7 heteroatoms. The summed E-state index contributed by atoms with van der Waals surface area (Å²) in [6.45, 7) is 0. The molecule has 80 valence electrons. The van der Waals surface area contributed by atoms with Crippen LogP contribution in [0, 0.1) is 11.3 Å². The summed E-state index contributed by atoms with van der Waals surface area (Å²) in [7, 11) is 1.75. The highest BCUT2D eigenvalue weighted by molar-refractivity contribution is 7.99. The maximum atomic E-state index is 8.70. The van der Waals surface area contributed by atoms with E-state index in [-0.39, 0.29) is 0 Å². The Morgan fingerprint density at radius 2 is 2.31 bits per heavy atom. The number of aryl methyl sites for hydroxylation is 1. The fraction of sp³-hybridized carbons (Fsp3) is 0.111. The van der Waals surface area contributed by atoms with Crippen LogP contribution in [0.15, 0.2) is 28.3 Å². The first-order valence-electron chi connectivity index (χ1n) is 4.30. The Kier molecular flexibility index (Phi) is 3.08. The molecule has 0 N–H and O–H groups in total. The van der Waals surface area contributed by atoms with E-state index in [0.717, 1.165) is 4.90 Å². The summed E-state index contributed by atoms with van der Waals surface area (Å²) < 4.78 is 1.55. The third-order valence-corrected chi connectivity index (χ3v) is 3.37. The number of rotatable bonds is 2. The van der Waals surface area contributed by atoms with Crippen molar-refractivity contribution in [3.05, 3.63) is 28.8 Å². The van der Waals surface area contributed by atoms with Crippen molar-refractivity contribution in [3.63, 3.8) is 0 Å². The van der Waals surface area contributed by atoms with Gasteiger partial charge in [0.25, 0.3) is 0 Å². The second-order valence-corrected chi connectivity index (χ2v) is 4.36. The molecule has 1 aromatic carbocycles. The quantitative estimate of drug-likeness (QED) is 0.815. The zero-order chi connectivity index (χ0) is 11.5. The van der Waals surface area contributed by atoms with Gasteiger partial charge in [0.1, 0.15) is 0 Å². The van der Waals surface area contributed by atoms with E-state index in [0.29, 0.717) is 15.7 Å². The average molecular weight is 252 g/mol. The molecule has 0 aliphatic carbocycles. The molecular formula is C9H6ClN5S. The van der Waals surface area contributed by atoms with Gasteiger partial charge in [0, 0.05) is 11.9 Å². The highest BCUT2D eigenvalue weighted by Gasteiger charge is 2.08. The normalized spacial score (nSPS) is 10.1. The Labute approximate surface area is 101 Å².